The molecule has 80 heavy (non-hydrogen) atoms. The lowest BCUT2D eigenvalue weighted by Crippen LogP contribution is -2.30. The van der Waals surface area contributed by atoms with Crippen LogP contribution in [0.15, 0.2) is 60.8 Å². The van der Waals surface area contributed by atoms with Crippen LogP contribution in [0, 0.1) is 0 Å². The van der Waals surface area contributed by atoms with Gasteiger partial charge < -0.3 is 14.2 Å². The first-order valence-corrected chi connectivity index (χ1v) is 35.3. The minimum absolute atomic E-state index is 0.0759. The summed E-state index contributed by atoms with van der Waals surface area (Å²) in [7, 11) is 0. The first kappa shape index (κ1) is 77.1. The molecular weight excluding hydrogens is 985 g/mol. The summed E-state index contributed by atoms with van der Waals surface area (Å²) in [6, 6.07) is 0. The largest absolute Gasteiger partial charge is 0.462 e. The molecule has 0 spiro atoms. The van der Waals surface area contributed by atoms with Crippen LogP contribution >= 0.6 is 0 Å². The molecule has 0 aromatic carbocycles. The highest BCUT2D eigenvalue weighted by Gasteiger charge is 2.19. The lowest BCUT2D eigenvalue weighted by atomic mass is 10.0. The van der Waals surface area contributed by atoms with Gasteiger partial charge in [-0.1, -0.05) is 306 Å². The number of rotatable bonds is 65. The minimum atomic E-state index is -0.780. The average molecular weight is 1120 g/mol. The highest BCUT2D eigenvalue weighted by Crippen LogP contribution is 2.17. The molecular formula is C74H134O6. The summed E-state index contributed by atoms with van der Waals surface area (Å²) in [4.78, 5) is 38.5. The molecule has 0 rings (SSSR count). The van der Waals surface area contributed by atoms with Crippen molar-refractivity contribution in [3.63, 3.8) is 0 Å². The van der Waals surface area contributed by atoms with Crippen molar-refractivity contribution in [1.82, 2.24) is 0 Å². The highest BCUT2D eigenvalue weighted by atomic mass is 16.6. The quantitative estimate of drug-likeness (QED) is 0.0261. The molecule has 1 unspecified atom stereocenters. The molecule has 0 aliphatic carbocycles. The first-order valence-electron chi connectivity index (χ1n) is 35.3. The summed E-state index contributed by atoms with van der Waals surface area (Å²) >= 11 is 0. The van der Waals surface area contributed by atoms with E-state index in [-0.39, 0.29) is 31.1 Å². The van der Waals surface area contributed by atoms with Crippen LogP contribution in [-0.2, 0) is 28.6 Å². The fraction of sp³-hybridized carbons (Fsp3) is 0.824. The zero-order valence-electron chi connectivity index (χ0n) is 53.6. The van der Waals surface area contributed by atoms with Gasteiger partial charge in [0.1, 0.15) is 13.2 Å². The molecule has 0 amide bonds. The lowest BCUT2D eigenvalue weighted by Gasteiger charge is -2.18. The molecule has 0 aliphatic heterocycles. The number of hydrogen-bond acceptors (Lipinski definition) is 6. The van der Waals surface area contributed by atoms with Crippen molar-refractivity contribution in [3.8, 4) is 0 Å². The van der Waals surface area contributed by atoms with E-state index in [1.165, 1.54) is 263 Å². The van der Waals surface area contributed by atoms with Crippen LogP contribution in [0.3, 0.4) is 0 Å². The molecule has 0 aromatic rings. The Morgan fingerprint density at radius 1 is 0.250 bits per heavy atom. The van der Waals surface area contributed by atoms with Crippen LogP contribution in [-0.4, -0.2) is 37.2 Å². The first-order chi connectivity index (χ1) is 39.5. The summed E-state index contributed by atoms with van der Waals surface area (Å²) in [5, 5.41) is 0. The molecule has 0 bridgehead atoms. The van der Waals surface area contributed by atoms with E-state index < -0.39 is 6.10 Å². The fourth-order valence-electron chi connectivity index (χ4n) is 10.4. The molecule has 6 nitrogen and oxygen atoms in total. The average Bonchev–Trinajstić information content (AvgIpc) is 3.46. The molecule has 0 aliphatic rings. The Bertz CT molecular complexity index is 1430. The zero-order chi connectivity index (χ0) is 57.8. The predicted molar refractivity (Wildman–Crippen MR) is 348 cm³/mol. The third-order valence-corrected chi connectivity index (χ3v) is 15.7. The molecule has 466 valence electrons. The van der Waals surface area contributed by atoms with Crippen molar-refractivity contribution in [2.24, 2.45) is 0 Å². The van der Waals surface area contributed by atoms with Gasteiger partial charge in [0.25, 0.3) is 0 Å². The van der Waals surface area contributed by atoms with Crippen LogP contribution < -0.4 is 0 Å². The minimum Gasteiger partial charge on any atom is -0.462 e. The normalized spacial score (nSPS) is 12.4. The van der Waals surface area contributed by atoms with Gasteiger partial charge in [-0.2, -0.15) is 0 Å². The zero-order valence-corrected chi connectivity index (χ0v) is 53.6. The Morgan fingerprint density at radius 3 is 0.713 bits per heavy atom. The van der Waals surface area contributed by atoms with Crippen LogP contribution in [0.25, 0.3) is 0 Å². The predicted octanol–water partition coefficient (Wildman–Crippen LogP) is 24.3. The molecule has 0 heterocycles. The van der Waals surface area contributed by atoms with Gasteiger partial charge in [-0.3, -0.25) is 14.4 Å². The smallest absolute Gasteiger partial charge is 0.306 e. The molecule has 1 atom stereocenters. The summed E-state index contributed by atoms with van der Waals surface area (Å²) in [5.74, 6) is -0.863. The number of unbranched alkanes of at least 4 members (excludes halogenated alkanes) is 44. The molecule has 0 saturated heterocycles. The summed E-state index contributed by atoms with van der Waals surface area (Å²) in [5.41, 5.74) is 0. The van der Waals surface area contributed by atoms with Crippen LogP contribution in [0.5, 0.6) is 0 Å². The van der Waals surface area contributed by atoms with Gasteiger partial charge in [0.2, 0.25) is 0 Å². The second-order valence-electron chi connectivity index (χ2n) is 23.8. The van der Waals surface area contributed by atoms with E-state index in [9.17, 15) is 14.4 Å². The second kappa shape index (κ2) is 68.6. The van der Waals surface area contributed by atoms with E-state index in [0.29, 0.717) is 19.3 Å². The van der Waals surface area contributed by atoms with Crippen LogP contribution in [0.4, 0.5) is 0 Å². The Hall–Kier alpha value is -2.89. The maximum absolute atomic E-state index is 13.0. The summed E-state index contributed by atoms with van der Waals surface area (Å²) < 4.78 is 17.0. The topological polar surface area (TPSA) is 78.9 Å². The van der Waals surface area contributed by atoms with Crippen molar-refractivity contribution >= 4 is 17.9 Å². The van der Waals surface area contributed by atoms with Crippen LogP contribution in [0.1, 0.15) is 374 Å². The van der Waals surface area contributed by atoms with Gasteiger partial charge in [-0.05, 0) is 109 Å². The Balaban J connectivity index is 4.34. The number of carbonyl (C=O) groups excluding carboxylic acids is 3. The number of esters is 3. The van der Waals surface area contributed by atoms with Gasteiger partial charge in [0.05, 0.1) is 0 Å². The van der Waals surface area contributed by atoms with E-state index in [1.54, 1.807) is 0 Å². The SMILES string of the molecule is CCCCCCC/C=C\C/C=C\C/C=C\CCCCCCCCCCCCC(=O)OCC(COC(=O)CCCCCCCCC/C=C\CCCCCCCCC)OC(=O)CCCCCCCCCCC/C=C\CCCCCCCC. The van der Waals surface area contributed by atoms with Gasteiger partial charge in [0, 0.05) is 19.3 Å². The maximum Gasteiger partial charge on any atom is 0.306 e. The van der Waals surface area contributed by atoms with Gasteiger partial charge in [0.15, 0.2) is 6.10 Å². The van der Waals surface area contributed by atoms with E-state index in [0.717, 1.165) is 70.6 Å². The van der Waals surface area contributed by atoms with E-state index >= 15 is 0 Å². The molecule has 0 N–H and O–H groups in total. The summed E-state index contributed by atoms with van der Waals surface area (Å²) in [6.45, 7) is 6.67. The van der Waals surface area contributed by atoms with Crippen molar-refractivity contribution in [3.05, 3.63) is 60.8 Å². The van der Waals surface area contributed by atoms with Crippen molar-refractivity contribution in [2.45, 2.75) is 380 Å². The van der Waals surface area contributed by atoms with Crippen molar-refractivity contribution in [2.75, 3.05) is 13.2 Å². The van der Waals surface area contributed by atoms with Gasteiger partial charge in [-0.15, -0.1) is 0 Å². The molecule has 0 aromatic heterocycles. The second-order valence-corrected chi connectivity index (χ2v) is 23.8. The van der Waals surface area contributed by atoms with Gasteiger partial charge in [-0.25, -0.2) is 0 Å². The number of ether oxygens (including phenoxy) is 3. The van der Waals surface area contributed by atoms with E-state index in [2.05, 4.69) is 81.5 Å². The number of hydrogen-bond donors (Lipinski definition) is 0. The molecule has 0 radical (unpaired) electrons. The summed E-state index contributed by atoms with van der Waals surface area (Å²) in [6.07, 6.45) is 88.0. The lowest BCUT2D eigenvalue weighted by molar-refractivity contribution is -0.167. The maximum atomic E-state index is 13.0. The van der Waals surface area contributed by atoms with E-state index in [1.807, 2.05) is 0 Å². The fourth-order valence-corrected chi connectivity index (χ4v) is 10.4. The van der Waals surface area contributed by atoms with Crippen molar-refractivity contribution < 1.29 is 28.6 Å². The third kappa shape index (κ3) is 65.9. The third-order valence-electron chi connectivity index (χ3n) is 15.7. The Labute approximate surface area is 498 Å². The van der Waals surface area contributed by atoms with E-state index in [4.69, 9.17) is 14.2 Å². The van der Waals surface area contributed by atoms with Crippen LogP contribution in [0.2, 0.25) is 0 Å². The number of carbonyl (C=O) groups is 3. The standard InChI is InChI=1S/C74H134O6/c1-4-7-10-13-16-19-22-25-28-31-34-35-36-37-38-39-41-43-46-49-52-55-58-61-64-67-73(76)79-70-71(69-78-72(75)66-63-60-57-54-51-48-45-42-33-30-27-24-21-18-15-12-9-6-3)80-74(77)68-65-62-59-56-53-50-47-44-40-32-29-26-23-20-17-14-11-8-5-2/h22,25-26,29-31,33-34,36-37,71H,4-21,23-24,27-28,32,35,38-70H2,1-3H3/b25-22-,29-26-,33-30-,34-31-,37-36-. The van der Waals surface area contributed by atoms with Crippen molar-refractivity contribution in [1.29, 1.82) is 0 Å². The Kier molecular flexibility index (Phi) is 66.1. The monoisotopic (exact) mass is 1120 g/mol. The van der Waals surface area contributed by atoms with Gasteiger partial charge >= 0.3 is 17.9 Å². The highest BCUT2D eigenvalue weighted by molar-refractivity contribution is 5.71. The molecule has 0 saturated carbocycles. The number of allylic oxidation sites excluding steroid dienone is 10. The molecule has 0 fully saturated rings. The Morgan fingerprint density at radius 2 is 0.450 bits per heavy atom. The molecule has 6 heteroatoms.